The van der Waals surface area contributed by atoms with Crippen LogP contribution in [0.3, 0.4) is 0 Å². The molecule has 2 heterocycles. The van der Waals surface area contributed by atoms with E-state index in [0.29, 0.717) is 16.6 Å². The molecule has 1 amide bonds. The summed E-state index contributed by atoms with van der Waals surface area (Å²) in [7, 11) is 0. The normalized spacial score (nSPS) is 14.9. The molecule has 1 aliphatic rings. The minimum absolute atomic E-state index is 0.279. The molecule has 150 valence electrons. The summed E-state index contributed by atoms with van der Waals surface area (Å²) in [4.78, 5) is 45.5. The van der Waals surface area contributed by atoms with Crippen molar-refractivity contribution in [3.8, 4) is 0 Å². The number of hydrogen-bond donors (Lipinski definition) is 3. The number of piperazine rings is 1. The smallest absolute Gasteiger partial charge is 0.314 e. The highest BCUT2D eigenvalue weighted by atomic mass is 16.2. The van der Waals surface area contributed by atoms with Gasteiger partial charge in [-0.1, -0.05) is 19.1 Å². The predicted molar refractivity (Wildman–Crippen MR) is 114 cm³/mol. The van der Waals surface area contributed by atoms with Crippen molar-refractivity contribution in [2.24, 2.45) is 0 Å². The molecule has 8 heteroatoms. The molecule has 8 nitrogen and oxygen atoms in total. The lowest BCUT2D eigenvalue weighted by atomic mass is 10.1. The maximum absolute atomic E-state index is 12.8. The number of anilines is 2. The van der Waals surface area contributed by atoms with E-state index in [4.69, 9.17) is 0 Å². The van der Waals surface area contributed by atoms with Crippen LogP contribution in [0.2, 0.25) is 0 Å². The maximum atomic E-state index is 12.8. The van der Waals surface area contributed by atoms with Gasteiger partial charge in [-0.25, -0.2) is 0 Å². The standard InChI is InChI=1S/C21H23N5O3/c1-2-25-9-11-26(12-10-25)18-6-4-3-5-16(18)23-19(27)14-7-8-15-17(13-14)24-21(29)20(28)22-15/h3-8,13H,2,9-12H2,1H3,(H,22,28)(H,23,27)(H,24,29). The number of nitrogens with one attached hydrogen (secondary N) is 3. The molecule has 1 aliphatic heterocycles. The second-order valence-corrected chi connectivity index (χ2v) is 7.06. The fraction of sp³-hybridized carbons (Fsp3) is 0.286. The van der Waals surface area contributed by atoms with Crippen molar-refractivity contribution in [3.05, 3.63) is 68.7 Å². The van der Waals surface area contributed by atoms with Gasteiger partial charge in [0.2, 0.25) is 0 Å². The van der Waals surface area contributed by atoms with Crippen molar-refractivity contribution < 1.29 is 4.79 Å². The topological polar surface area (TPSA) is 101 Å². The van der Waals surface area contributed by atoms with Crippen LogP contribution in [-0.2, 0) is 0 Å². The molecule has 0 unspecified atom stereocenters. The lowest BCUT2D eigenvalue weighted by Gasteiger charge is -2.36. The number of H-pyrrole nitrogens is 2. The summed E-state index contributed by atoms with van der Waals surface area (Å²) in [6.07, 6.45) is 0. The molecular formula is C21H23N5O3. The Morgan fingerprint density at radius 3 is 2.38 bits per heavy atom. The van der Waals surface area contributed by atoms with Gasteiger partial charge in [0.05, 0.1) is 22.4 Å². The first-order valence-corrected chi connectivity index (χ1v) is 9.69. The number of fused-ring (bicyclic) bond motifs is 1. The first-order chi connectivity index (χ1) is 14.0. The van der Waals surface area contributed by atoms with Crippen LogP contribution in [-0.4, -0.2) is 53.5 Å². The minimum Gasteiger partial charge on any atom is -0.367 e. The summed E-state index contributed by atoms with van der Waals surface area (Å²) in [5.74, 6) is -0.279. The van der Waals surface area contributed by atoms with Gasteiger partial charge in [0.15, 0.2) is 0 Å². The van der Waals surface area contributed by atoms with Crippen molar-refractivity contribution >= 4 is 28.3 Å². The Hall–Kier alpha value is -3.39. The summed E-state index contributed by atoms with van der Waals surface area (Å²) < 4.78 is 0. The zero-order chi connectivity index (χ0) is 20.4. The Kier molecular flexibility index (Phi) is 5.18. The van der Waals surface area contributed by atoms with Crippen LogP contribution in [0.1, 0.15) is 17.3 Å². The second kappa shape index (κ2) is 7.92. The van der Waals surface area contributed by atoms with E-state index in [0.717, 1.165) is 44.1 Å². The lowest BCUT2D eigenvalue weighted by molar-refractivity contribution is 0.102. The summed E-state index contributed by atoms with van der Waals surface area (Å²) in [6.45, 7) is 7.01. The largest absolute Gasteiger partial charge is 0.367 e. The second-order valence-electron chi connectivity index (χ2n) is 7.06. The number of rotatable bonds is 4. The number of para-hydroxylation sites is 2. The lowest BCUT2D eigenvalue weighted by Crippen LogP contribution is -2.46. The Morgan fingerprint density at radius 2 is 1.66 bits per heavy atom. The van der Waals surface area contributed by atoms with Gasteiger partial charge in [-0.15, -0.1) is 0 Å². The van der Waals surface area contributed by atoms with Crippen molar-refractivity contribution in [1.82, 2.24) is 14.9 Å². The SMILES string of the molecule is CCN1CCN(c2ccccc2NC(=O)c2ccc3[nH]c(=O)c(=O)[nH]c3c2)CC1. The number of aromatic amines is 2. The molecule has 0 aliphatic carbocycles. The zero-order valence-electron chi connectivity index (χ0n) is 16.2. The number of likely N-dealkylation sites (N-methyl/N-ethyl adjacent to an activating group) is 1. The number of carbonyl (C=O) groups excluding carboxylic acids is 1. The van der Waals surface area contributed by atoms with E-state index in [2.05, 4.69) is 32.0 Å². The fourth-order valence-corrected chi connectivity index (χ4v) is 3.61. The molecule has 1 saturated heterocycles. The number of carbonyl (C=O) groups is 1. The van der Waals surface area contributed by atoms with E-state index >= 15 is 0 Å². The van der Waals surface area contributed by atoms with Crippen molar-refractivity contribution in [2.45, 2.75) is 6.92 Å². The predicted octanol–water partition coefficient (Wildman–Crippen LogP) is 1.61. The molecule has 3 aromatic rings. The molecule has 1 fully saturated rings. The van der Waals surface area contributed by atoms with Crippen LogP contribution >= 0.6 is 0 Å². The maximum Gasteiger partial charge on any atom is 0.314 e. The third kappa shape index (κ3) is 3.93. The van der Waals surface area contributed by atoms with E-state index in [1.807, 2.05) is 24.3 Å². The Bertz CT molecular complexity index is 1160. The molecule has 1 aromatic heterocycles. The van der Waals surface area contributed by atoms with Gasteiger partial charge in [-0.2, -0.15) is 0 Å². The molecule has 0 radical (unpaired) electrons. The van der Waals surface area contributed by atoms with Crippen LogP contribution in [0.15, 0.2) is 52.1 Å². The molecule has 29 heavy (non-hydrogen) atoms. The molecule has 3 N–H and O–H groups in total. The van der Waals surface area contributed by atoms with Crippen molar-refractivity contribution in [2.75, 3.05) is 42.9 Å². The van der Waals surface area contributed by atoms with Crippen LogP contribution in [0, 0.1) is 0 Å². The third-order valence-corrected chi connectivity index (χ3v) is 5.30. The Labute approximate surface area is 167 Å². The van der Waals surface area contributed by atoms with Gasteiger partial charge in [0, 0.05) is 31.7 Å². The van der Waals surface area contributed by atoms with Gasteiger partial charge in [-0.05, 0) is 36.9 Å². The average Bonchev–Trinajstić information content (AvgIpc) is 2.75. The third-order valence-electron chi connectivity index (χ3n) is 5.30. The number of amides is 1. The summed E-state index contributed by atoms with van der Waals surface area (Å²) in [5, 5.41) is 2.98. The highest BCUT2D eigenvalue weighted by molar-refractivity contribution is 6.07. The van der Waals surface area contributed by atoms with Gasteiger partial charge in [-0.3, -0.25) is 14.4 Å². The van der Waals surface area contributed by atoms with Crippen LogP contribution in [0.4, 0.5) is 11.4 Å². The number of hydrogen-bond acceptors (Lipinski definition) is 5. The summed E-state index contributed by atoms with van der Waals surface area (Å²) in [6, 6.07) is 12.6. The van der Waals surface area contributed by atoms with Crippen molar-refractivity contribution in [3.63, 3.8) is 0 Å². The van der Waals surface area contributed by atoms with E-state index in [9.17, 15) is 14.4 Å². The molecule has 0 saturated carbocycles. The molecule has 0 bridgehead atoms. The molecule has 4 rings (SSSR count). The zero-order valence-corrected chi connectivity index (χ0v) is 16.2. The first-order valence-electron chi connectivity index (χ1n) is 9.69. The average molecular weight is 393 g/mol. The molecule has 2 aromatic carbocycles. The quantitative estimate of drug-likeness (QED) is 0.585. The fourth-order valence-electron chi connectivity index (χ4n) is 3.61. The monoisotopic (exact) mass is 393 g/mol. The first kappa shape index (κ1) is 18.9. The van der Waals surface area contributed by atoms with Crippen LogP contribution < -0.4 is 21.3 Å². The summed E-state index contributed by atoms with van der Waals surface area (Å²) in [5.41, 5.74) is 1.56. The minimum atomic E-state index is -0.744. The van der Waals surface area contributed by atoms with Crippen LogP contribution in [0.25, 0.3) is 11.0 Å². The summed E-state index contributed by atoms with van der Waals surface area (Å²) >= 11 is 0. The van der Waals surface area contributed by atoms with Crippen molar-refractivity contribution in [1.29, 1.82) is 0 Å². The molecule has 0 spiro atoms. The Morgan fingerprint density at radius 1 is 0.966 bits per heavy atom. The van der Waals surface area contributed by atoms with Crippen LogP contribution in [0.5, 0.6) is 0 Å². The molecular weight excluding hydrogens is 370 g/mol. The van der Waals surface area contributed by atoms with E-state index in [1.165, 1.54) is 0 Å². The number of benzene rings is 2. The number of aromatic nitrogens is 2. The van der Waals surface area contributed by atoms with Gasteiger partial charge >= 0.3 is 11.1 Å². The van der Waals surface area contributed by atoms with E-state index in [1.54, 1.807) is 18.2 Å². The number of nitrogens with zero attached hydrogens (tertiary/aromatic N) is 2. The Balaban J connectivity index is 1.57. The van der Waals surface area contributed by atoms with Gasteiger partial charge in [0.1, 0.15) is 0 Å². The highest BCUT2D eigenvalue weighted by Gasteiger charge is 2.19. The highest BCUT2D eigenvalue weighted by Crippen LogP contribution is 2.27. The van der Waals surface area contributed by atoms with E-state index < -0.39 is 11.1 Å². The van der Waals surface area contributed by atoms with E-state index in [-0.39, 0.29) is 5.91 Å². The van der Waals surface area contributed by atoms with Gasteiger partial charge in [0.25, 0.3) is 5.91 Å². The van der Waals surface area contributed by atoms with Gasteiger partial charge < -0.3 is 25.1 Å². The molecule has 0 atom stereocenters.